The average Bonchev–Trinajstić information content (AvgIpc) is 3.43. The van der Waals surface area contributed by atoms with E-state index >= 15 is 0 Å². The van der Waals surface area contributed by atoms with Gasteiger partial charge in [-0.05, 0) is 31.7 Å². The number of amides is 2. The number of aromatic nitrogens is 3. The van der Waals surface area contributed by atoms with E-state index in [0.29, 0.717) is 18.2 Å². The van der Waals surface area contributed by atoms with Gasteiger partial charge >= 0.3 is 6.09 Å². The van der Waals surface area contributed by atoms with Gasteiger partial charge in [-0.2, -0.15) is 5.10 Å². The third-order valence-electron chi connectivity index (χ3n) is 6.27. The maximum atomic E-state index is 12.4. The molecule has 0 bridgehead atoms. The van der Waals surface area contributed by atoms with Crippen LogP contribution in [0.4, 0.5) is 10.6 Å². The first-order chi connectivity index (χ1) is 15.5. The third kappa shape index (κ3) is 4.85. The SMILES string of the molecule is COc1ccc(CC(=O)Nc2cc([C@H]3CC[C@@H](OC(=O)N4C[C@@H](OC)[C@@H]4C)C3)[nH]n2)cn1. The van der Waals surface area contributed by atoms with Crippen molar-refractivity contribution in [2.24, 2.45) is 0 Å². The standard InChI is InChI=1S/C22H29N5O5/c1-13-18(30-2)12-27(13)22(29)32-16-6-5-15(9-16)17-10-19(26-25-17)24-20(28)8-14-4-7-21(31-3)23-11-14/h4,7,10-11,13,15-16,18H,5-6,8-9,12H2,1-3H3,(H2,24,25,26,28)/t13-,15-,16+,18+/m0/s1. The van der Waals surface area contributed by atoms with Crippen LogP contribution in [0.2, 0.25) is 0 Å². The highest BCUT2D eigenvalue weighted by atomic mass is 16.6. The highest BCUT2D eigenvalue weighted by Gasteiger charge is 2.41. The fourth-order valence-corrected chi connectivity index (χ4v) is 4.25. The summed E-state index contributed by atoms with van der Waals surface area (Å²) in [5, 5.41) is 10.0. The number of aromatic amines is 1. The maximum Gasteiger partial charge on any atom is 0.410 e. The van der Waals surface area contributed by atoms with Crippen LogP contribution in [0.15, 0.2) is 24.4 Å². The summed E-state index contributed by atoms with van der Waals surface area (Å²) in [6.07, 6.45) is 3.92. The Hall–Kier alpha value is -3.14. The number of pyridine rings is 1. The Labute approximate surface area is 186 Å². The van der Waals surface area contributed by atoms with E-state index in [0.717, 1.165) is 30.5 Å². The second-order valence-corrected chi connectivity index (χ2v) is 8.33. The molecule has 1 aliphatic carbocycles. The minimum Gasteiger partial charge on any atom is -0.481 e. The second kappa shape index (κ2) is 9.56. The van der Waals surface area contributed by atoms with E-state index in [2.05, 4.69) is 20.5 Å². The predicted molar refractivity (Wildman–Crippen MR) is 116 cm³/mol. The molecule has 32 heavy (non-hydrogen) atoms. The van der Waals surface area contributed by atoms with Crippen LogP contribution in [0.25, 0.3) is 0 Å². The van der Waals surface area contributed by atoms with E-state index in [1.54, 1.807) is 37.4 Å². The summed E-state index contributed by atoms with van der Waals surface area (Å²) in [5.41, 5.74) is 1.72. The van der Waals surface area contributed by atoms with Gasteiger partial charge in [-0.3, -0.25) is 9.89 Å². The molecular formula is C22H29N5O5. The number of rotatable bonds is 7. The Morgan fingerprint density at radius 2 is 2.12 bits per heavy atom. The van der Waals surface area contributed by atoms with Crippen LogP contribution in [0.5, 0.6) is 5.88 Å². The number of H-pyrrole nitrogens is 1. The molecule has 4 rings (SSSR count). The lowest BCUT2D eigenvalue weighted by atomic mass is 10.0. The molecule has 2 aromatic rings. The number of methoxy groups -OCH3 is 2. The normalized spacial score (nSPS) is 24.7. The molecule has 2 aromatic heterocycles. The smallest absolute Gasteiger partial charge is 0.410 e. The van der Waals surface area contributed by atoms with Crippen LogP contribution >= 0.6 is 0 Å². The van der Waals surface area contributed by atoms with E-state index in [1.807, 2.05) is 13.0 Å². The number of carbonyl (C=O) groups excluding carboxylic acids is 2. The van der Waals surface area contributed by atoms with Crippen molar-refractivity contribution >= 4 is 17.8 Å². The number of nitrogens with one attached hydrogen (secondary N) is 2. The second-order valence-electron chi connectivity index (χ2n) is 8.33. The largest absolute Gasteiger partial charge is 0.481 e. The summed E-state index contributed by atoms with van der Waals surface area (Å²) in [5.74, 6) is 1.01. The number of hydrogen-bond acceptors (Lipinski definition) is 7. The van der Waals surface area contributed by atoms with Crippen molar-refractivity contribution in [2.45, 2.75) is 56.8 Å². The third-order valence-corrected chi connectivity index (χ3v) is 6.27. The van der Waals surface area contributed by atoms with Crippen molar-refractivity contribution < 1.29 is 23.8 Å². The Bertz CT molecular complexity index is 946. The minimum absolute atomic E-state index is 0.0390. The van der Waals surface area contributed by atoms with Gasteiger partial charge in [-0.25, -0.2) is 9.78 Å². The van der Waals surface area contributed by atoms with Crippen molar-refractivity contribution in [1.29, 1.82) is 0 Å². The summed E-state index contributed by atoms with van der Waals surface area (Å²) < 4.78 is 16.0. The zero-order valence-corrected chi connectivity index (χ0v) is 18.5. The molecule has 2 N–H and O–H groups in total. The van der Waals surface area contributed by atoms with Crippen molar-refractivity contribution in [3.05, 3.63) is 35.7 Å². The molecule has 2 fully saturated rings. The van der Waals surface area contributed by atoms with Gasteiger partial charge in [0.2, 0.25) is 11.8 Å². The zero-order valence-electron chi connectivity index (χ0n) is 18.5. The van der Waals surface area contributed by atoms with Crippen molar-refractivity contribution in [3.8, 4) is 5.88 Å². The molecule has 0 spiro atoms. The Kier molecular flexibility index (Phi) is 6.59. The lowest BCUT2D eigenvalue weighted by molar-refractivity contribution is -0.115. The topological polar surface area (TPSA) is 119 Å². The summed E-state index contributed by atoms with van der Waals surface area (Å²) >= 11 is 0. The predicted octanol–water partition coefficient (Wildman–Crippen LogP) is 2.49. The van der Waals surface area contributed by atoms with Gasteiger partial charge in [0.1, 0.15) is 6.10 Å². The molecule has 1 saturated heterocycles. The van der Waals surface area contributed by atoms with Gasteiger partial charge in [0.05, 0.1) is 32.2 Å². The summed E-state index contributed by atoms with van der Waals surface area (Å²) in [4.78, 5) is 30.5. The number of anilines is 1. The lowest BCUT2D eigenvalue weighted by Crippen LogP contribution is -2.61. The molecule has 10 nitrogen and oxygen atoms in total. The Morgan fingerprint density at radius 1 is 1.28 bits per heavy atom. The van der Waals surface area contributed by atoms with Gasteiger partial charge in [0.25, 0.3) is 0 Å². The van der Waals surface area contributed by atoms with E-state index < -0.39 is 0 Å². The molecule has 4 atom stereocenters. The highest BCUT2D eigenvalue weighted by Crippen LogP contribution is 2.36. The van der Waals surface area contributed by atoms with Crippen LogP contribution in [0, 0.1) is 0 Å². The van der Waals surface area contributed by atoms with Crippen molar-refractivity contribution in [1.82, 2.24) is 20.1 Å². The molecule has 0 unspecified atom stereocenters. The Balaban J connectivity index is 1.24. The fraction of sp³-hybridized carbons (Fsp3) is 0.545. The molecule has 172 valence electrons. The molecule has 10 heteroatoms. The van der Waals surface area contributed by atoms with Crippen molar-refractivity contribution in [2.75, 3.05) is 26.1 Å². The number of ether oxygens (including phenoxy) is 3. The summed E-state index contributed by atoms with van der Waals surface area (Å²) in [6.45, 7) is 2.53. The first-order valence-electron chi connectivity index (χ1n) is 10.8. The van der Waals surface area contributed by atoms with Gasteiger partial charge in [-0.1, -0.05) is 6.07 Å². The molecule has 1 saturated carbocycles. The molecule has 0 radical (unpaired) electrons. The van der Waals surface area contributed by atoms with Crippen LogP contribution < -0.4 is 10.1 Å². The number of hydrogen-bond donors (Lipinski definition) is 2. The fourth-order valence-electron chi connectivity index (χ4n) is 4.25. The van der Waals surface area contributed by atoms with Crippen LogP contribution in [0.3, 0.4) is 0 Å². The number of likely N-dealkylation sites (tertiary alicyclic amines) is 1. The quantitative estimate of drug-likeness (QED) is 0.675. The monoisotopic (exact) mass is 443 g/mol. The molecule has 2 amide bonds. The molecule has 2 aliphatic rings. The molecule has 1 aliphatic heterocycles. The molecule has 3 heterocycles. The summed E-state index contributed by atoms with van der Waals surface area (Å²) in [7, 11) is 3.20. The van der Waals surface area contributed by atoms with Crippen LogP contribution in [-0.2, 0) is 20.7 Å². The van der Waals surface area contributed by atoms with E-state index in [1.165, 1.54) is 0 Å². The van der Waals surface area contributed by atoms with Crippen LogP contribution in [-0.4, -0.2) is 71.1 Å². The highest BCUT2D eigenvalue weighted by molar-refractivity contribution is 5.91. The maximum absolute atomic E-state index is 12.4. The number of carbonyl (C=O) groups is 2. The first-order valence-corrected chi connectivity index (χ1v) is 10.8. The lowest BCUT2D eigenvalue weighted by Gasteiger charge is -2.44. The molecule has 0 aromatic carbocycles. The van der Waals surface area contributed by atoms with E-state index in [9.17, 15) is 9.59 Å². The van der Waals surface area contributed by atoms with Gasteiger partial charge in [0.15, 0.2) is 5.82 Å². The van der Waals surface area contributed by atoms with Crippen molar-refractivity contribution in [3.63, 3.8) is 0 Å². The minimum atomic E-state index is -0.276. The first kappa shape index (κ1) is 22.1. The zero-order chi connectivity index (χ0) is 22.7. The summed E-state index contributed by atoms with van der Waals surface area (Å²) in [6, 6.07) is 5.41. The molecular weight excluding hydrogens is 414 g/mol. The number of nitrogens with zero attached hydrogens (tertiary/aromatic N) is 3. The average molecular weight is 444 g/mol. The Morgan fingerprint density at radius 3 is 2.81 bits per heavy atom. The van der Waals surface area contributed by atoms with E-state index in [4.69, 9.17) is 14.2 Å². The van der Waals surface area contributed by atoms with E-state index in [-0.39, 0.29) is 42.6 Å². The van der Waals surface area contributed by atoms with Gasteiger partial charge in [0, 0.05) is 37.1 Å². The van der Waals surface area contributed by atoms with Gasteiger partial charge in [-0.15, -0.1) is 0 Å². The van der Waals surface area contributed by atoms with Gasteiger partial charge < -0.3 is 24.4 Å². The van der Waals surface area contributed by atoms with Crippen LogP contribution in [0.1, 0.15) is 43.4 Å².